The minimum atomic E-state index is -3.64. The number of carbonyl (C=O) groups excluding carboxylic acids is 2. The van der Waals surface area contributed by atoms with E-state index in [1.54, 1.807) is 53.3 Å². The molecule has 5 rings (SSSR count). The summed E-state index contributed by atoms with van der Waals surface area (Å²) < 4.78 is 31.5. The van der Waals surface area contributed by atoms with E-state index in [0.717, 1.165) is 18.5 Å². The Kier molecular flexibility index (Phi) is 5.81. The molecule has 1 aromatic heterocycles. The predicted octanol–water partition coefficient (Wildman–Crippen LogP) is 1.42. The van der Waals surface area contributed by atoms with Crippen molar-refractivity contribution in [3.8, 4) is 11.4 Å². The minimum absolute atomic E-state index is 0.000566. The molecule has 182 valence electrons. The number of ether oxygens (including phenoxy) is 1. The molecule has 3 heterocycles. The maximum Gasteiger partial charge on any atom is 0.277 e. The van der Waals surface area contributed by atoms with Crippen LogP contribution >= 0.6 is 0 Å². The second-order valence-corrected chi connectivity index (χ2v) is 10.4. The fraction of sp³-hybridized carbons (Fsp3) is 0.292. The van der Waals surface area contributed by atoms with Gasteiger partial charge in [-0.3, -0.25) is 9.59 Å². The third kappa shape index (κ3) is 4.17. The molecule has 2 aliphatic heterocycles. The van der Waals surface area contributed by atoms with E-state index in [4.69, 9.17) is 4.74 Å². The van der Waals surface area contributed by atoms with E-state index in [0.29, 0.717) is 48.7 Å². The molecule has 0 spiro atoms. The number of fused-ring (bicyclic) bond motifs is 1. The molecular weight excluding hydrogens is 470 g/mol. The zero-order chi connectivity index (χ0) is 24.7. The van der Waals surface area contributed by atoms with Gasteiger partial charge in [-0.2, -0.15) is 5.10 Å². The lowest BCUT2D eigenvalue weighted by atomic mass is 10.1. The SMILES string of the molecule is COc1ccc(-n2nc(S(C)(=O)=O)c3c2C(=O)N(c2ccc(N4CCNCC4=O)cc2)CC3)cc1. The highest BCUT2D eigenvalue weighted by Crippen LogP contribution is 2.32. The summed E-state index contributed by atoms with van der Waals surface area (Å²) in [5.74, 6) is 0.295. The summed E-state index contributed by atoms with van der Waals surface area (Å²) in [4.78, 5) is 29.2. The monoisotopic (exact) mass is 495 g/mol. The minimum Gasteiger partial charge on any atom is -0.497 e. The Morgan fingerprint density at radius 3 is 2.14 bits per heavy atom. The number of hydrogen-bond donors (Lipinski definition) is 1. The Morgan fingerprint density at radius 1 is 0.914 bits per heavy atom. The lowest BCUT2D eigenvalue weighted by molar-refractivity contribution is -0.118. The van der Waals surface area contributed by atoms with Crippen LogP contribution in [0.3, 0.4) is 0 Å². The molecule has 0 unspecified atom stereocenters. The van der Waals surface area contributed by atoms with E-state index in [-0.39, 0.29) is 22.5 Å². The van der Waals surface area contributed by atoms with Crippen molar-refractivity contribution in [2.24, 2.45) is 0 Å². The summed E-state index contributed by atoms with van der Waals surface area (Å²) in [5, 5.41) is 7.31. The first kappa shape index (κ1) is 23.1. The van der Waals surface area contributed by atoms with Gasteiger partial charge in [0, 0.05) is 42.8 Å². The molecule has 1 saturated heterocycles. The summed E-state index contributed by atoms with van der Waals surface area (Å²) in [6.45, 7) is 1.92. The molecule has 0 saturated carbocycles. The van der Waals surface area contributed by atoms with Gasteiger partial charge in [-0.15, -0.1) is 0 Å². The number of sulfone groups is 1. The van der Waals surface area contributed by atoms with Crippen LogP contribution in [-0.2, 0) is 21.1 Å². The Hall–Kier alpha value is -3.70. The number of anilines is 2. The second kappa shape index (κ2) is 8.82. The molecule has 1 fully saturated rings. The summed E-state index contributed by atoms with van der Waals surface area (Å²) >= 11 is 0. The van der Waals surface area contributed by atoms with Crippen molar-refractivity contribution in [1.82, 2.24) is 15.1 Å². The van der Waals surface area contributed by atoms with Gasteiger partial charge >= 0.3 is 0 Å². The Balaban J connectivity index is 1.52. The van der Waals surface area contributed by atoms with Gasteiger partial charge in [-0.1, -0.05) is 0 Å². The molecule has 11 heteroatoms. The van der Waals surface area contributed by atoms with Crippen LogP contribution in [-0.4, -0.2) is 69.6 Å². The quantitative estimate of drug-likeness (QED) is 0.570. The van der Waals surface area contributed by atoms with Crippen LogP contribution in [0.4, 0.5) is 11.4 Å². The van der Waals surface area contributed by atoms with E-state index < -0.39 is 9.84 Å². The number of methoxy groups -OCH3 is 1. The van der Waals surface area contributed by atoms with Gasteiger partial charge in [0.15, 0.2) is 14.9 Å². The Morgan fingerprint density at radius 2 is 1.54 bits per heavy atom. The predicted molar refractivity (Wildman–Crippen MR) is 130 cm³/mol. The summed E-state index contributed by atoms with van der Waals surface area (Å²) in [5.41, 5.74) is 2.64. The first-order valence-electron chi connectivity index (χ1n) is 11.2. The van der Waals surface area contributed by atoms with Gasteiger partial charge in [0.1, 0.15) is 11.4 Å². The summed E-state index contributed by atoms with van der Waals surface area (Å²) in [7, 11) is -2.09. The van der Waals surface area contributed by atoms with Gasteiger partial charge in [-0.05, 0) is 55.0 Å². The molecule has 1 N–H and O–H groups in total. The van der Waals surface area contributed by atoms with E-state index in [1.165, 1.54) is 4.68 Å². The van der Waals surface area contributed by atoms with Gasteiger partial charge in [-0.25, -0.2) is 13.1 Å². The van der Waals surface area contributed by atoms with Crippen LogP contribution in [0.15, 0.2) is 53.6 Å². The molecule has 0 aliphatic carbocycles. The van der Waals surface area contributed by atoms with E-state index in [2.05, 4.69) is 10.4 Å². The average Bonchev–Trinajstić information content (AvgIpc) is 3.26. The van der Waals surface area contributed by atoms with Crippen LogP contribution in [0.1, 0.15) is 16.1 Å². The van der Waals surface area contributed by atoms with Crippen LogP contribution in [0.2, 0.25) is 0 Å². The maximum atomic E-state index is 13.7. The number of piperazine rings is 1. The number of nitrogens with zero attached hydrogens (tertiary/aromatic N) is 4. The van der Waals surface area contributed by atoms with Gasteiger partial charge < -0.3 is 19.9 Å². The van der Waals surface area contributed by atoms with Crippen molar-refractivity contribution in [3.05, 3.63) is 59.8 Å². The molecule has 10 nitrogen and oxygen atoms in total. The first-order chi connectivity index (χ1) is 16.8. The van der Waals surface area contributed by atoms with Gasteiger partial charge in [0.25, 0.3) is 5.91 Å². The number of benzene rings is 2. The van der Waals surface area contributed by atoms with Crippen LogP contribution in [0.5, 0.6) is 5.75 Å². The summed E-state index contributed by atoms with van der Waals surface area (Å²) in [6, 6.07) is 14.2. The van der Waals surface area contributed by atoms with Crippen LogP contribution in [0, 0.1) is 0 Å². The first-order valence-corrected chi connectivity index (χ1v) is 13.1. The van der Waals surface area contributed by atoms with Crippen molar-refractivity contribution in [2.45, 2.75) is 11.4 Å². The fourth-order valence-electron chi connectivity index (χ4n) is 4.47. The third-order valence-electron chi connectivity index (χ3n) is 6.21. The van der Waals surface area contributed by atoms with Gasteiger partial charge in [0.05, 0.1) is 19.3 Å². The molecule has 0 atom stereocenters. The molecule has 2 aromatic carbocycles. The highest BCUT2D eigenvalue weighted by atomic mass is 32.2. The average molecular weight is 496 g/mol. The maximum absolute atomic E-state index is 13.7. The zero-order valence-corrected chi connectivity index (χ0v) is 20.2. The number of rotatable bonds is 5. The summed E-state index contributed by atoms with van der Waals surface area (Å²) in [6.07, 6.45) is 1.44. The third-order valence-corrected chi connectivity index (χ3v) is 7.24. The molecular formula is C24H25N5O5S. The number of aromatic nitrogens is 2. The second-order valence-electron chi connectivity index (χ2n) is 8.46. The fourth-order valence-corrected chi connectivity index (χ4v) is 5.35. The van der Waals surface area contributed by atoms with Crippen LogP contribution in [0.25, 0.3) is 5.69 Å². The topological polar surface area (TPSA) is 114 Å². The number of hydrogen-bond acceptors (Lipinski definition) is 7. The molecule has 2 aliphatic rings. The molecule has 35 heavy (non-hydrogen) atoms. The standard InChI is InChI=1S/C24H25N5O5S/c1-34-19-9-7-18(8-10-19)29-22-20(23(26-29)35(2,32)33)11-13-28(24(22)31)17-5-3-16(4-6-17)27-14-12-25-15-21(27)30/h3-10,25H,11-15H2,1-2H3. The van der Waals surface area contributed by atoms with E-state index >= 15 is 0 Å². The normalized spacial score (nSPS) is 16.4. The van der Waals surface area contributed by atoms with Crippen molar-refractivity contribution < 1.29 is 22.7 Å². The number of nitrogens with one attached hydrogen (secondary N) is 1. The Labute approximate surface area is 203 Å². The number of amides is 2. The Bertz CT molecular complexity index is 1400. The number of carbonyl (C=O) groups is 2. The van der Waals surface area contributed by atoms with Gasteiger partial charge in [0.2, 0.25) is 5.91 Å². The highest BCUT2D eigenvalue weighted by molar-refractivity contribution is 7.90. The van der Waals surface area contributed by atoms with Crippen LogP contribution < -0.4 is 19.9 Å². The lowest BCUT2D eigenvalue weighted by Gasteiger charge is -2.30. The molecule has 0 radical (unpaired) electrons. The van der Waals surface area contributed by atoms with Crippen molar-refractivity contribution in [3.63, 3.8) is 0 Å². The lowest BCUT2D eigenvalue weighted by Crippen LogP contribution is -2.48. The van der Waals surface area contributed by atoms with E-state index in [1.807, 2.05) is 12.1 Å². The largest absolute Gasteiger partial charge is 0.497 e. The molecule has 2 amide bonds. The van der Waals surface area contributed by atoms with Crippen molar-refractivity contribution in [1.29, 1.82) is 0 Å². The van der Waals surface area contributed by atoms with Crippen molar-refractivity contribution in [2.75, 3.05) is 49.3 Å². The van der Waals surface area contributed by atoms with Crippen molar-refractivity contribution >= 4 is 33.0 Å². The molecule has 3 aromatic rings. The zero-order valence-electron chi connectivity index (χ0n) is 19.4. The van der Waals surface area contributed by atoms with E-state index in [9.17, 15) is 18.0 Å². The highest BCUT2D eigenvalue weighted by Gasteiger charge is 2.36. The smallest absolute Gasteiger partial charge is 0.277 e. The molecule has 0 bridgehead atoms.